The molecule has 1 saturated carbocycles. The fourth-order valence-corrected chi connectivity index (χ4v) is 4.07. The molecule has 0 unspecified atom stereocenters. The zero-order valence-corrected chi connectivity index (χ0v) is 15.9. The van der Waals surface area contributed by atoms with Gasteiger partial charge in [-0.25, -0.2) is 4.79 Å². The van der Waals surface area contributed by atoms with Crippen molar-refractivity contribution in [2.45, 2.75) is 32.2 Å². The van der Waals surface area contributed by atoms with Crippen molar-refractivity contribution in [2.75, 3.05) is 37.6 Å². The summed E-state index contributed by atoms with van der Waals surface area (Å²) in [5, 5.41) is 2.79. The van der Waals surface area contributed by atoms with Crippen molar-refractivity contribution in [2.24, 2.45) is 5.92 Å². The number of nitrogens with one attached hydrogen (secondary N) is 1. The van der Waals surface area contributed by atoms with Crippen LogP contribution < -0.4 is 10.2 Å². The fraction of sp³-hybridized carbons (Fsp3) is 0.550. The molecule has 27 heavy (non-hydrogen) atoms. The zero-order valence-electron chi connectivity index (χ0n) is 15.9. The Morgan fingerprint density at radius 3 is 2.52 bits per heavy atom. The molecule has 1 aromatic rings. The van der Waals surface area contributed by atoms with Crippen molar-refractivity contribution in [3.8, 4) is 0 Å². The van der Waals surface area contributed by atoms with E-state index >= 15 is 0 Å². The average molecular weight is 370 g/mol. The highest BCUT2D eigenvalue weighted by Gasteiger charge is 2.56. The van der Waals surface area contributed by atoms with E-state index in [0.29, 0.717) is 13.1 Å². The lowest BCUT2D eigenvalue weighted by molar-refractivity contribution is -0.139. The number of rotatable bonds is 4. The van der Waals surface area contributed by atoms with Gasteiger partial charge in [-0.3, -0.25) is 14.5 Å². The Morgan fingerprint density at radius 2 is 1.89 bits per heavy atom. The van der Waals surface area contributed by atoms with Crippen LogP contribution in [0.4, 0.5) is 10.5 Å². The van der Waals surface area contributed by atoms with Crippen molar-refractivity contribution >= 4 is 23.5 Å². The summed E-state index contributed by atoms with van der Waals surface area (Å²) >= 11 is 0. The summed E-state index contributed by atoms with van der Waals surface area (Å²) in [7, 11) is 0. The first-order chi connectivity index (χ1) is 12.9. The molecule has 0 aromatic heterocycles. The molecule has 1 N–H and O–H groups in total. The summed E-state index contributed by atoms with van der Waals surface area (Å²) in [6.45, 7) is 6.35. The molecule has 1 aromatic carbocycles. The van der Waals surface area contributed by atoms with Crippen LogP contribution in [0.25, 0.3) is 0 Å². The number of benzene rings is 1. The van der Waals surface area contributed by atoms with Crippen LogP contribution in [0.3, 0.4) is 0 Å². The SMILES string of the molecule is Cc1cccc(N2CCN(C(=O)CN3C(=O)N[C@@](C)(C4CC4)C3=O)CC2)c1. The van der Waals surface area contributed by atoms with Gasteiger partial charge in [-0.1, -0.05) is 12.1 Å². The molecule has 0 bridgehead atoms. The van der Waals surface area contributed by atoms with Crippen LogP contribution in [0.15, 0.2) is 24.3 Å². The second-order valence-electron chi connectivity index (χ2n) is 8.00. The van der Waals surface area contributed by atoms with E-state index in [0.717, 1.165) is 36.5 Å². The minimum atomic E-state index is -0.832. The van der Waals surface area contributed by atoms with Gasteiger partial charge in [0.05, 0.1) is 0 Å². The molecular weight excluding hydrogens is 344 g/mol. The van der Waals surface area contributed by atoms with E-state index in [1.807, 2.05) is 6.07 Å². The Labute approximate surface area is 159 Å². The van der Waals surface area contributed by atoms with Gasteiger partial charge >= 0.3 is 6.03 Å². The van der Waals surface area contributed by atoms with E-state index in [-0.39, 0.29) is 24.3 Å². The van der Waals surface area contributed by atoms with E-state index in [9.17, 15) is 14.4 Å². The second kappa shape index (κ2) is 6.55. The van der Waals surface area contributed by atoms with Gasteiger partial charge in [-0.05, 0) is 50.3 Å². The second-order valence-corrected chi connectivity index (χ2v) is 8.00. The standard InChI is InChI=1S/C20H26N4O3/c1-14-4-3-5-16(12-14)22-8-10-23(11-9-22)17(25)13-24-18(26)20(2,15-6-7-15)21-19(24)27/h3-5,12,15H,6-11,13H2,1-2H3,(H,21,27)/t20-/m0/s1. The van der Waals surface area contributed by atoms with Gasteiger partial charge in [0.1, 0.15) is 12.1 Å². The Hall–Kier alpha value is -2.57. The van der Waals surface area contributed by atoms with Crippen molar-refractivity contribution < 1.29 is 14.4 Å². The van der Waals surface area contributed by atoms with Gasteiger partial charge < -0.3 is 15.1 Å². The normalized spacial score (nSPS) is 25.8. The Bertz CT molecular complexity index is 783. The number of hydrogen-bond donors (Lipinski definition) is 1. The third-order valence-corrected chi connectivity index (χ3v) is 5.99. The maximum Gasteiger partial charge on any atom is 0.325 e. The third kappa shape index (κ3) is 3.26. The first-order valence-electron chi connectivity index (χ1n) is 9.62. The van der Waals surface area contributed by atoms with Gasteiger partial charge in [0.15, 0.2) is 0 Å². The Balaban J connectivity index is 1.35. The van der Waals surface area contributed by atoms with Crippen molar-refractivity contribution in [1.82, 2.24) is 15.1 Å². The molecule has 4 rings (SSSR count). The van der Waals surface area contributed by atoms with E-state index in [4.69, 9.17) is 0 Å². The molecule has 0 radical (unpaired) electrons. The molecule has 2 heterocycles. The van der Waals surface area contributed by atoms with Crippen LogP contribution in [0.1, 0.15) is 25.3 Å². The van der Waals surface area contributed by atoms with Crippen molar-refractivity contribution in [3.05, 3.63) is 29.8 Å². The lowest BCUT2D eigenvalue weighted by Crippen LogP contribution is -2.52. The number of piperazine rings is 1. The number of aryl methyl sites for hydroxylation is 1. The van der Waals surface area contributed by atoms with Crippen LogP contribution >= 0.6 is 0 Å². The van der Waals surface area contributed by atoms with Gasteiger partial charge in [0, 0.05) is 31.9 Å². The highest BCUT2D eigenvalue weighted by atomic mass is 16.2. The van der Waals surface area contributed by atoms with E-state index in [2.05, 4.69) is 35.3 Å². The molecule has 1 aliphatic carbocycles. The summed E-state index contributed by atoms with van der Waals surface area (Å²) < 4.78 is 0. The van der Waals surface area contributed by atoms with Crippen LogP contribution in [-0.4, -0.2) is 65.9 Å². The van der Waals surface area contributed by atoms with Gasteiger partial charge in [0.2, 0.25) is 5.91 Å². The number of amides is 4. The van der Waals surface area contributed by atoms with Gasteiger partial charge in [-0.15, -0.1) is 0 Å². The smallest absolute Gasteiger partial charge is 0.325 e. The summed E-state index contributed by atoms with van der Waals surface area (Å²) in [6.07, 6.45) is 1.90. The fourth-order valence-electron chi connectivity index (χ4n) is 4.07. The number of urea groups is 1. The molecule has 7 nitrogen and oxygen atoms in total. The molecule has 7 heteroatoms. The predicted molar refractivity (Wildman–Crippen MR) is 101 cm³/mol. The number of nitrogens with zero attached hydrogens (tertiary/aromatic N) is 3. The number of carbonyl (C=O) groups is 3. The lowest BCUT2D eigenvalue weighted by Gasteiger charge is -2.36. The predicted octanol–water partition coefficient (Wildman–Crippen LogP) is 1.36. The monoisotopic (exact) mass is 370 g/mol. The first kappa shape index (κ1) is 17.8. The summed E-state index contributed by atoms with van der Waals surface area (Å²) in [4.78, 5) is 42.7. The first-order valence-corrected chi connectivity index (χ1v) is 9.62. The quantitative estimate of drug-likeness (QED) is 0.813. The highest BCUT2D eigenvalue weighted by Crippen LogP contribution is 2.42. The van der Waals surface area contributed by atoms with Crippen molar-refractivity contribution in [1.29, 1.82) is 0 Å². The zero-order chi connectivity index (χ0) is 19.2. The number of anilines is 1. The largest absolute Gasteiger partial charge is 0.368 e. The minimum Gasteiger partial charge on any atom is -0.368 e. The lowest BCUT2D eigenvalue weighted by atomic mass is 9.96. The summed E-state index contributed by atoms with van der Waals surface area (Å²) in [5.41, 5.74) is 1.54. The molecule has 144 valence electrons. The van der Waals surface area contributed by atoms with Crippen LogP contribution in [0, 0.1) is 12.8 Å². The number of imide groups is 1. The molecule has 4 amide bonds. The molecule has 2 aliphatic heterocycles. The highest BCUT2D eigenvalue weighted by molar-refractivity contribution is 6.09. The van der Waals surface area contributed by atoms with Crippen molar-refractivity contribution in [3.63, 3.8) is 0 Å². The summed E-state index contributed by atoms with van der Waals surface area (Å²) in [6, 6.07) is 7.88. The maximum atomic E-state index is 12.7. The van der Waals surface area contributed by atoms with E-state index in [1.165, 1.54) is 5.56 Å². The van der Waals surface area contributed by atoms with Crippen LogP contribution in [0.5, 0.6) is 0 Å². The molecule has 3 fully saturated rings. The number of hydrogen-bond acceptors (Lipinski definition) is 4. The van der Waals surface area contributed by atoms with Crippen LogP contribution in [-0.2, 0) is 9.59 Å². The third-order valence-electron chi connectivity index (χ3n) is 5.99. The topological polar surface area (TPSA) is 73.0 Å². The molecular formula is C20H26N4O3. The van der Waals surface area contributed by atoms with E-state index < -0.39 is 11.6 Å². The molecule has 3 aliphatic rings. The average Bonchev–Trinajstić information content (AvgIpc) is 3.48. The Morgan fingerprint density at radius 1 is 1.19 bits per heavy atom. The van der Waals surface area contributed by atoms with Crippen LogP contribution in [0.2, 0.25) is 0 Å². The van der Waals surface area contributed by atoms with Gasteiger partial charge in [-0.2, -0.15) is 0 Å². The maximum absolute atomic E-state index is 12.7. The number of carbonyl (C=O) groups excluding carboxylic acids is 3. The van der Waals surface area contributed by atoms with E-state index in [1.54, 1.807) is 11.8 Å². The minimum absolute atomic E-state index is 0.164. The van der Waals surface area contributed by atoms with Gasteiger partial charge in [0.25, 0.3) is 5.91 Å². The molecule has 2 saturated heterocycles. The summed E-state index contributed by atoms with van der Waals surface area (Å²) in [5.74, 6) is -0.226. The molecule has 1 atom stereocenters. The molecule has 0 spiro atoms. The Kier molecular flexibility index (Phi) is 4.32.